The molecule has 0 amide bonds. The number of hydrogen-bond donors (Lipinski definition) is 1. The smallest absolute Gasteiger partial charge is 0.137 e. The molecule has 2 heterocycles. The molecule has 0 aliphatic carbocycles. The standard InChI is InChI=1S/C16H19ClN4O/c1-11(5-6-21-10-18-9-19-21)20-12(2)16-8-13-7-14(17)3-4-15(13)22-16/h3-4,7-12,20H,5-6H2,1-2H3. The summed E-state index contributed by atoms with van der Waals surface area (Å²) in [4.78, 5) is 3.95. The van der Waals surface area contributed by atoms with Crippen LogP contribution in [-0.4, -0.2) is 20.8 Å². The number of hydrogen-bond acceptors (Lipinski definition) is 4. The van der Waals surface area contributed by atoms with Gasteiger partial charge in [-0.15, -0.1) is 0 Å². The predicted octanol–water partition coefficient (Wildman–Crippen LogP) is 3.81. The lowest BCUT2D eigenvalue weighted by atomic mass is 10.1. The Bertz CT molecular complexity index is 738. The van der Waals surface area contributed by atoms with Crippen molar-refractivity contribution in [2.45, 2.75) is 38.9 Å². The van der Waals surface area contributed by atoms with E-state index in [1.165, 1.54) is 0 Å². The Hall–Kier alpha value is -1.85. The average molecular weight is 319 g/mol. The first-order chi connectivity index (χ1) is 10.6. The molecule has 1 N–H and O–H groups in total. The molecule has 0 bridgehead atoms. The monoisotopic (exact) mass is 318 g/mol. The van der Waals surface area contributed by atoms with E-state index in [9.17, 15) is 0 Å². The van der Waals surface area contributed by atoms with Crippen molar-refractivity contribution in [3.05, 3.63) is 47.7 Å². The highest BCUT2D eigenvalue weighted by atomic mass is 35.5. The van der Waals surface area contributed by atoms with Crippen LogP contribution in [0.25, 0.3) is 11.0 Å². The molecule has 1 aromatic carbocycles. The summed E-state index contributed by atoms with van der Waals surface area (Å²) in [5.41, 5.74) is 0.864. The second kappa shape index (κ2) is 6.50. The number of benzene rings is 1. The molecule has 2 atom stereocenters. The molecule has 116 valence electrons. The average Bonchev–Trinajstić information content (AvgIpc) is 3.13. The summed E-state index contributed by atoms with van der Waals surface area (Å²) in [5.74, 6) is 0.921. The van der Waals surface area contributed by atoms with Crippen LogP contribution in [-0.2, 0) is 6.54 Å². The molecule has 6 heteroatoms. The molecule has 0 fully saturated rings. The van der Waals surface area contributed by atoms with Crippen molar-refractivity contribution in [1.29, 1.82) is 0 Å². The van der Waals surface area contributed by atoms with Gasteiger partial charge in [0, 0.05) is 23.0 Å². The first-order valence-corrected chi connectivity index (χ1v) is 7.77. The molecule has 22 heavy (non-hydrogen) atoms. The van der Waals surface area contributed by atoms with E-state index in [1.807, 2.05) is 28.9 Å². The maximum atomic E-state index is 6.01. The summed E-state index contributed by atoms with van der Waals surface area (Å²) >= 11 is 6.01. The third kappa shape index (κ3) is 3.48. The lowest BCUT2D eigenvalue weighted by Gasteiger charge is -2.18. The van der Waals surface area contributed by atoms with Crippen LogP contribution in [0.15, 0.2) is 41.3 Å². The normalized spacial score (nSPS) is 14.3. The third-order valence-corrected chi connectivity index (χ3v) is 3.95. The Morgan fingerprint density at radius 1 is 1.32 bits per heavy atom. The zero-order chi connectivity index (χ0) is 15.5. The summed E-state index contributed by atoms with van der Waals surface area (Å²) in [6.07, 6.45) is 4.26. The van der Waals surface area contributed by atoms with Gasteiger partial charge in [0.25, 0.3) is 0 Å². The number of aryl methyl sites for hydroxylation is 1. The number of aromatic nitrogens is 3. The van der Waals surface area contributed by atoms with E-state index in [-0.39, 0.29) is 6.04 Å². The van der Waals surface area contributed by atoms with Crippen LogP contribution in [0.4, 0.5) is 0 Å². The van der Waals surface area contributed by atoms with Gasteiger partial charge in [-0.1, -0.05) is 11.6 Å². The molecule has 3 aromatic rings. The zero-order valence-electron chi connectivity index (χ0n) is 12.7. The molecule has 0 spiro atoms. The van der Waals surface area contributed by atoms with Crippen molar-refractivity contribution < 1.29 is 4.42 Å². The van der Waals surface area contributed by atoms with Crippen LogP contribution in [0.2, 0.25) is 5.02 Å². The fraction of sp³-hybridized carbons (Fsp3) is 0.375. The minimum absolute atomic E-state index is 0.136. The Balaban J connectivity index is 1.61. The van der Waals surface area contributed by atoms with Crippen LogP contribution in [0.3, 0.4) is 0 Å². The molecule has 5 nitrogen and oxygen atoms in total. The van der Waals surface area contributed by atoms with Gasteiger partial charge in [0.05, 0.1) is 6.04 Å². The SMILES string of the molecule is CC(CCn1cncn1)NC(C)c1cc2cc(Cl)ccc2o1. The first kappa shape index (κ1) is 15.1. The lowest BCUT2D eigenvalue weighted by Crippen LogP contribution is -2.29. The second-order valence-corrected chi connectivity index (χ2v) is 6.00. The minimum atomic E-state index is 0.136. The van der Waals surface area contributed by atoms with E-state index in [4.69, 9.17) is 16.0 Å². The minimum Gasteiger partial charge on any atom is -0.459 e. The lowest BCUT2D eigenvalue weighted by molar-refractivity contribution is 0.383. The van der Waals surface area contributed by atoms with Crippen LogP contribution in [0, 0.1) is 0 Å². The Morgan fingerprint density at radius 3 is 2.95 bits per heavy atom. The van der Waals surface area contributed by atoms with Crippen LogP contribution in [0.1, 0.15) is 32.1 Å². The fourth-order valence-corrected chi connectivity index (χ4v) is 2.70. The summed E-state index contributed by atoms with van der Waals surface area (Å²) in [6, 6.07) is 8.19. The van der Waals surface area contributed by atoms with Gasteiger partial charge in [0.1, 0.15) is 24.0 Å². The highest BCUT2D eigenvalue weighted by Crippen LogP contribution is 2.26. The zero-order valence-corrected chi connectivity index (χ0v) is 13.4. The van der Waals surface area contributed by atoms with E-state index in [0.717, 1.165) is 34.7 Å². The van der Waals surface area contributed by atoms with Crippen molar-refractivity contribution in [1.82, 2.24) is 20.1 Å². The van der Waals surface area contributed by atoms with Crippen molar-refractivity contribution in [2.75, 3.05) is 0 Å². The van der Waals surface area contributed by atoms with Crippen molar-refractivity contribution in [2.24, 2.45) is 0 Å². The van der Waals surface area contributed by atoms with E-state index in [0.29, 0.717) is 6.04 Å². The predicted molar refractivity (Wildman–Crippen MR) is 86.9 cm³/mol. The van der Waals surface area contributed by atoms with Crippen molar-refractivity contribution in [3.8, 4) is 0 Å². The molecule has 0 radical (unpaired) electrons. The fourth-order valence-electron chi connectivity index (χ4n) is 2.51. The number of rotatable bonds is 6. The van der Waals surface area contributed by atoms with E-state index in [1.54, 1.807) is 12.7 Å². The first-order valence-electron chi connectivity index (χ1n) is 7.39. The number of fused-ring (bicyclic) bond motifs is 1. The van der Waals surface area contributed by atoms with Crippen LogP contribution >= 0.6 is 11.6 Å². The molecular weight excluding hydrogens is 300 g/mol. The van der Waals surface area contributed by atoms with Crippen LogP contribution < -0.4 is 5.32 Å². The van der Waals surface area contributed by atoms with Gasteiger partial charge in [0.15, 0.2) is 0 Å². The van der Waals surface area contributed by atoms with Gasteiger partial charge in [-0.25, -0.2) is 4.98 Å². The summed E-state index contributed by atoms with van der Waals surface area (Å²) in [6.45, 7) is 5.11. The topological polar surface area (TPSA) is 55.9 Å². The van der Waals surface area contributed by atoms with Crippen molar-refractivity contribution in [3.63, 3.8) is 0 Å². The highest BCUT2D eigenvalue weighted by Gasteiger charge is 2.14. The van der Waals surface area contributed by atoms with Gasteiger partial charge >= 0.3 is 0 Å². The summed E-state index contributed by atoms with van der Waals surface area (Å²) in [5, 5.41) is 9.41. The Morgan fingerprint density at radius 2 is 2.18 bits per heavy atom. The third-order valence-electron chi connectivity index (χ3n) is 3.72. The molecule has 2 unspecified atom stereocenters. The number of furan rings is 1. The summed E-state index contributed by atoms with van der Waals surface area (Å²) < 4.78 is 7.73. The molecule has 2 aromatic heterocycles. The van der Waals surface area contributed by atoms with E-state index >= 15 is 0 Å². The van der Waals surface area contributed by atoms with Crippen molar-refractivity contribution >= 4 is 22.6 Å². The van der Waals surface area contributed by atoms with Gasteiger partial charge in [-0.2, -0.15) is 5.10 Å². The largest absolute Gasteiger partial charge is 0.459 e. The summed E-state index contributed by atoms with van der Waals surface area (Å²) in [7, 11) is 0. The van der Waals surface area contributed by atoms with Gasteiger partial charge in [0.2, 0.25) is 0 Å². The molecule has 0 aliphatic rings. The number of nitrogens with zero attached hydrogens (tertiary/aromatic N) is 3. The molecule has 0 saturated carbocycles. The Labute approximate surface area is 134 Å². The van der Waals surface area contributed by atoms with E-state index in [2.05, 4.69) is 29.2 Å². The van der Waals surface area contributed by atoms with Gasteiger partial charge in [-0.3, -0.25) is 4.68 Å². The number of halogens is 1. The second-order valence-electron chi connectivity index (χ2n) is 5.57. The van der Waals surface area contributed by atoms with E-state index < -0.39 is 0 Å². The molecule has 0 aliphatic heterocycles. The van der Waals surface area contributed by atoms with Gasteiger partial charge in [-0.05, 0) is 44.5 Å². The van der Waals surface area contributed by atoms with Crippen LogP contribution in [0.5, 0.6) is 0 Å². The van der Waals surface area contributed by atoms with Gasteiger partial charge < -0.3 is 9.73 Å². The quantitative estimate of drug-likeness (QED) is 0.751. The molecule has 3 rings (SSSR count). The molecular formula is C16H19ClN4O. The Kier molecular flexibility index (Phi) is 4.45. The highest BCUT2D eigenvalue weighted by molar-refractivity contribution is 6.31. The number of nitrogens with one attached hydrogen (secondary N) is 1. The maximum Gasteiger partial charge on any atom is 0.137 e. The maximum absolute atomic E-state index is 6.01. The molecule has 0 saturated heterocycles.